The second-order valence-electron chi connectivity index (χ2n) is 14.0. The second-order valence-corrected chi connectivity index (χ2v) is 14.0. The number of benzene rings is 9. The Hall–Kier alpha value is -7.36. The summed E-state index contributed by atoms with van der Waals surface area (Å²) in [6.45, 7) is 0. The van der Waals surface area contributed by atoms with Gasteiger partial charge >= 0.3 is 0 Å². The van der Waals surface area contributed by atoms with Crippen LogP contribution in [0.2, 0.25) is 0 Å². The maximum atomic E-state index is 6.83. The van der Waals surface area contributed by atoms with Crippen molar-refractivity contribution in [3.05, 3.63) is 200 Å². The standard InChI is InChI=1S/C52H33NO2/c1-3-16-34(17-4-1)37-24-14-28-44(49(37)35-18-5-2-6-19-35)53(45-29-15-26-41-39-22-8-11-30-46(39)55-52(41)45)43-27-10-7-21-38(43)40-25-13-20-36-32-33-48-51(50(36)40)42-23-9-12-31-47(42)54-48/h1-33H. The van der Waals surface area contributed by atoms with Gasteiger partial charge in [0.2, 0.25) is 0 Å². The van der Waals surface area contributed by atoms with Crippen LogP contribution in [0.1, 0.15) is 0 Å². The molecule has 11 aromatic rings. The van der Waals surface area contributed by atoms with E-state index in [4.69, 9.17) is 8.83 Å². The minimum absolute atomic E-state index is 0.837. The van der Waals surface area contributed by atoms with Gasteiger partial charge in [-0.05, 0) is 64.0 Å². The van der Waals surface area contributed by atoms with Crippen molar-refractivity contribution in [3.63, 3.8) is 0 Å². The van der Waals surface area contributed by atoms with E-state index in [0.717, 1.165) is 99.7 Å². The Balaban J connectivity index is 1.27. The molecule has 0 spiro atoms. The minimum atomic E-state index is 0.837. The summed E-state index contributed by atoms with van der Waals surface area (Å²) in [6, 6.07) is 70.9. The van der Waals surface area contributed by atoms with Crippen molar-refractivity contribution in [1.29, 1.82) is 0 Å². The summed E-state index contributed by atoms with van der Waals surface area (Å²) in [6.07, 6.45) is 0. The molecule has 0 aliphatic carbocycles. The monoisotopic (exact) mass is 703 g/mol. The molecule has 0 unspecified atom stereocenters. The summed E-state index contributed by atoms with van der Waals surface area (Å²) in [4.78, 5) is 2.42. The van der Waals surface area contributed by atoms with Gasteiger partial charge in [-0.3, -0.25) is 0 Å². The molecule has 0 saturated heterocycles. The third kappa shape index (κ3) is 4.98. The van der Waals surface area contributed by atoms with Crippen LogP contribution in [-0.2, 0) is 0 Å². The summed E-state index contributed by atoms with van der Waals surface area (Å²) in [5.74, 6) is 0. The largest absolute Gasteiger partial charge is 0.456 e. The van der Waals surface area contributed by atoms with E-state index >= 15 is 0 Å². The second kappa shape index (κ2) is 12.6. The third-order valence-electron chi connectivity index (χ3n) is 10.9. The zero-order valence-electron chi connectivity index (χ0n) is 29.8. The molecule has 0 aliphatic heterocycles. The van der Waals surface area contributed by atoms with E-state index in [-0.39, 0.29) is 0 Å². The first-order valence-corrected chi connectivity index (χ1v) is 18.7. The smallest absolute Gasteiger partial charge is 0.159 e. The molecule has 3 heteroatoms. The van der Waals surface area contributed by atoms with Gasteiger partial charge in [-0.15, -0.1) is 0 Å². The Morgan fingerprint density at radius 3 is 1.73 bits per heavy atom. The fourth-order valence-electron chi connectivity index (χ4n) is 8.50. The van der Waals surface area contributed by atoms with Gasteiger partial charge in [-0.25, -0.2) is 0 Å². The van der Waals surface area contributed by atoms with E-state index in [1.54, 1.807) is 0 Å². The molecule has 0 amide bonds. The molecule has 0 atom stereocenters. The van der Waals surface area contributed by atoms with Gasteiger partial charge in [0.15, 0.2) is 5.58 Å². The zero-order chi connectivity index (χ0) is 36.3. The van der Waals surface area contributed by atoms with Gasteiger partial charge in [0.05, 0.1) is 17.1 Å². The van der Waals surface area contributed by atoms with Crippen molar-refractivity contribution >= 4 is 71.7 Å². The van der Waals surface area contributed by atoms with Gasteiger partial charge in [0.25, 0.3) is 0 Å². The lowest BCUT2D eigenvalue weighted by molar-refractivity contribution is 0.669. The molecular weight excluding hydrogens is 671 g/mol. The van der Waals surface area contributed by atoms with Crippen LogP contribution >= 0.6 is 0 Å². The van der Waals surface area contributed by atoms with Crippen LogP contribution < -0.4 is 4.90 Å². The van der Waals surface area contributed by atoms with E-state index in [1.807, 2.05) is 12.1 Å². The van der Waals surface area contributed by atoms with E-state index in [2.05, 4.69) is 193 Å². The molecule has 2 heterocycles. The molecule has 11 rings (SSSR count). The fraction of sp³-hybridized carbons (Fsp3) is 0. The van der Waals surface area contributed by atoms with Crippen LogP contribution in [-0.4, -0.2) is 0 Å². The van der Waals surface area contributed by atoms with Crippen molar-refractivity contribution in [2.45, 2.75) is 0 Å². The molecular formula is C52H33NO2. The third-order valence-corrected chi connectivity index (χ3v) is 10.9. The van der Waals surface area contributed by atoms with Crippen LogP contribution in [0.4, 0.5) is 17.1 Å². The Morgan fingerprint density at radius 1 is 0.309 bits per heavy atom. The van der Waals surface area contributed by atoms with Gasteiger partial charge in [-0.1, -0.05) is 164 Å². The number of anilines is 3. The predicted octanol–water partition coefficient (Wildman–Crippen LogP) is 15.1. The molecule has 0 N–H and O–H groups in total. The Morgan fingerprint density at radius 2 is 0.891 bits per heavy atom. The molecule has 258 valence electrons. The topological polar surface area (TPSA) is 29.5 Å². The molecule has 0 fully saturated rings. The van der Waals surface area contributed by atoms with E-state index in [9.17, 15) is 0 Å². The summed E-state index contributed by atoms with van der Waals surface area (Å²) >= 11 is 0. The van der Waals surface area contributed by atoms with Crippen LogP contribution in [0.3, 0.4) is 0 Å². The van der Waals surface area contributed by atoms with Crippen molar-refractivity contribution in [3.8, 4) is 33.4 Å². The highest BCUT2D eigenvalue weighted by Crippen LogP contribution is 2.51. The molecule has 0 bridgehead atoms. The van der Waals surface area contributed by atoms with E-state index in [0.29, 0.717) is 0 Å². The Labute approximate surface area is 317 Å². The van der Waals surface area contributed by atoms with Crippen LogP contribution in [0.15, 0.2) is 209 Å². The average molecular weight is 704 g/mol. The SMILES string of the molecule is c1ccc(-c2cccc(N(c3ccccc3-c3cccc4ccc5oc6ccccc6c5c34)c3cccc4c3oc3ccccc34)c2-c2ccccc2)cc1. The summed E-state index contributed by atoms with van der Waals surface area (Å²) in [5.41, 5.74) is 13.3. The van der Waals surface area contributed by atoms with E-state index in [1.165, 1.54) is 5.39 Å². The highest BCUT2D eigenvalue weighted by Gasteiger charge is 2.26. The lowest BCUT2D eigenvalue weighted by Gasteiger charge is -2.31. The van der Waals surface area contributed by atoms with Crippen LogP contribution in [0, 0.1) is 0 Å². The first-order valence-electron chi connectivity index (χ1n) is 18.7. The average Bonchev–Trinajstić information content (AvgIpc) is 3.84. The maximum absolute atomic E-state index is 6.83. The van der Waals surface area contributed by atoms with Crippen molar-refractivity contribution in [2.24, 2.45) is 0 Å². The van der Waals surface area contributed by atoms with Gasteiger partial charge < -0.3 is 13.7 Å². The van der Waals surface area contributed by atoms with Crippen molar-refractivity contribution in [2.75, 3.05) is 4.90 Å². The Kier molecular flexibility index (Phi) is 7.17. The molecule has 0 radical (unpaired) electrons. The Bertz CT molecular complexity index is 3210. The van der Waals surface area contributed by atoms with Gasteiger partial charge in [-0.2, -0.15) is 0 Å². The number of nitrogens with zero attached hydrogens (tertiary/aromatic N) is 1. The van der Waals surface area contributed by atoms with Crippen LogP contribution in [0.5, 0.6) is 0 Å². The maximum Gasteiger partial charge on any atom is 0.159 e. The number of fused-ring (bicyclic) bond motifs is 8. The minimum Gasteiger partial charge on any atom is -0.456 e. The molecule has 2 aromatic heterocycles. The normalized spacial score (nSPS) is 11.6. The first-order chi connectivity index (χ1) is 27.3. The zero-order valence-corrected chi connectivity index (χ0v) is 29.8. The molecule has 9 aromatic carbocycles. The lowest BCUT2D eigenvalue weighted by atomic mass is 9.90. The summed E-state index contributed by atoms with van der Waals surface area (Å²) in [5, 5.41) is 6.73. The molecule has 3 nitrogen and oxygen atoms in total. The number of para-hydroxylation sites is 4. The number of hydrogen-bond donors (Lipinski definition) is 0. The number of hydrogen-bond acceptors (Lipinski definition) is 3. The van der Waals surface area contributed by atoms with E-state index < -0.39 is 0 Å². The quantitative estimate of drug-likeness (QED) is 0.173. The molecule has 55 heavy (non-hydrogen) atoms. The summed E-state index contributed by atoms with van der Waals surface area (Å²) in [7, 11) is 0. The molecule has 0 aliphatic rings. The first kappa shape index (κ1) is 31.2. The van der Waals surface area contributed by atoms with Gasteiger partial charge in [0.1, 0.15) is 16.7 Å². The van der Waals surface area contributed by atoms with Crippen LogP contribution in [0.25, 0.3) is 88.0 Å². The highest BCUT2D eigenvalue weighted by molar-refractivity contribution is 6.23. The van der Waals surface area contributed by atoms with Gasteiger partial charge in [0, 0.05) is 38.1 Å². The fourth-order valence-corrected chi connectivity index (χ4v) is 8.50. The predicted molar refractivity (Wildman–Crippen MR) is 229 cm³/mol. The number of furan rings is 2. The number of rotatable bonds is 6. The lowest BCUT2D eigenvalue weighted by Crippen LogP contribution is -2.13. The van der Waals surface area contributed by atoms with Crippen molar-refractivity contribution < 1.29 is 8.83 Å². The highest BCUT2D eigenvalue weighted by atomic mass is 16.3. The molecule has 0 saturated carbocycles. The van der Waals surface area contributed by atoms with Crippen molar-refractivity contribution in [1.82, 2.24) is 0 Å². The summed E-state index contributed by atoms with van der Waals surface area (Å²) < 4.78 is 13.3.